The summed E-state index contributed by atoms with van der Waals surface area (Å²) in [5, 5.41) is 1.28. The van der Waals surface area contributed by atoms with Crippen molar-refractivity contribution in [3.8, 4) is 0 Å². The highest BCUT2D eigenvalue weighted by atomic mass is 16.8. The van der Waals surface area contributed by atoms with Crippen LogP contribution in [0.4, 0.5) is 0 Å². The lowest BCUT2D eigenvalue weighted by molar-refractivity contribution is -0.187. The van der Waals surface area contributed by atoms with Crippen LogP contribution in [0, 0.1) is 0 Å². The number of benzene rings is 1. The third-order valence-electron chi connectivity index (χ3n) is 6.81. The van der Waals surface area contributed by atoms with Crippen molar-refractivity contribution in [2.45, 2.75) is 69.7 Å². The van der Waals surface area contributed by atoms with E-state index in [-0.39, 0.29) is 31.1 Å². The molecule has 1 aromatic heterocycles. The first-order valence-corrected chi connectivity index (χ1v) is 12.6. The molecule has 1 aromatic carbocycles. The Hall–Kier alpha value is -1.52. The van der Waals surface area contributed by atoms with Gasteiger partial charge in [-0.2, -0.15) is 0 Å². The number of hydrogen-bond acceptors (Lipinski definition) is 7. The molecule has 0 bridgehead atoms. The maximum Gasteiger partial charge on any atom is 0.163 e. The number of unbranched alkanes of at least 4 members (excludes halogenated alkanes) is 2. The Morgan fingerprint density at radius 2 is 2.03 bits per heavy atom. The van der Waals surface area contributed by atoms with Gasteiger partial charge in [0.05, 0.1) is 12.6 Å². The number of likely N-dealkylation sites (tertiary alicyclic amines) is 1. The van der Waals surface area contributed by atoms with Gasteiger partial charge in [0.25, 0.3) is 0 Å². The number of fused-ring (bicyclic) bond motifs is 2. The number of methoxy groups -OCH3 is 1. The zero-order chi connectivity index (χ0) is 24.0. The summed E-state index contributed by atoms with van der Waals surface area (Å²) in [5.41, 5.74) is 8.11. The molecule has 0 spiro atoms. The van der Waals surface area contributed by atoms with Crippen molar-refractivity contribution in [2.75, 3.05) is 46.8 Å². The lowest BCUT2D eigenvalue weighted by Gasteiger charge is -2.45. The lowest BCUT2D eigenvalue weighted by atomic mass is 9.93. The molecule has 2 aliphatic rings. The minimum Gasteiger partial charge on any atom is -0.380 e. The van der Waals surface area contributed by atoms with E-state index in [1.807, 2.05) is 13.8 Å². The molecule has 2 aliphatic heterocycles. The Morgan fingerprint density at radius 3 is 2.85 bits per heavy atom. The predicted octanol–water partition coefficient (Wildman–Crippen LogP) is 3.05. The van der Waals surface area contributed by atoms with Crippen LogP contribution >= 0.6 is 0 Å². The van der Waals surface area contributed by atoms with E-state index in [0.717, 1.165) is 51.9 Å². The molecule has 0 radical (unpaired) electrons. The Bertz CT molecular complexity index is 888. The molecule has 2 fully saturated rings. The molecule has 0 aliphatic carbocycles. The molecule has 8 nitrogen and oxygen atoms in total. The fourth-order valence-corrected chi connectivity index (χ4v) is 5.22. The first-order chi connectivity index (χ1) is 16.5. The maximum absolute atomic E-state index is 6.30. The predicted molar refractivity (Wildman–Crippen MR) is 132 cm³/mol. The summed E-state index contributed by atoms with van der Waals surface area (Å²) < 4.78 is 30.2. The molecule has 3 N–H and O–H groups in total. The molecule has 34 heavy (non-hydrogen) atoms. The average Bonchev–Trinajstić information content (AvgIpc) is 3.37. The van der Waals surface area contributed by atoms with Crippen LogP contribution in [0.5, 0.6) is 0 Å². The van der Waals surface area contributed by atoms with Crippen LogP contribution in [0.1, 0.15) is 38.7 Å². The Balaban J connectivity index is 1.48. The number of hydrogen-bond donors (Lipinski definition) is 2. The highest BCUT2D eigenvalue weighted by molar-refractivity contribution is 5.83. The van der Waals surface area contributed by atoms with Gasteiger partial charge in [-0.05, 0) is 57.7 Å². The van der Waals surface area contributed by atoms with Gasteiger partial charge in [-0.25, -0.2) is 0 Å². The number of piperidine rings is 1. The zero-order valence-electron chi connectivity index (χ0n) is 20.8. The highest BCUT2D eigenvalue weighted by Gasteiger charge is 2.53. The second-order valence-electron chi connectivity index (χ2n) is 9.77. The second kappa shape index (κ2) is 11.9. The first kappa shape index (κ1) is 25.6. The Morgan fingerprint density at radius 1 is 1.18 bits per heavy atom. The largest absolute Gasteiger partial charge is 0.380 e. The van der Waals surface area contributed by atoms with Gasteiger partial charge in [-0.3, -0.25) is 4.90 Å². The van der Waals surface area contributed by atoms with Crippen LogP contribution in [0.2, 0.25) is 0 Å². The molecule has 4 atom stereocenters. The van der Waals surface area contributed by atoms with Crippen molar-refractivity contribution in [2.24, 2.45) is 5.73 Å². The van der Waals surface area contributed by atoms with Crippen LogP contribution in [-0.4, -0.2) is 86.8 Å². The smallest absolute Gasteiger partial charge is 0.163 e. The summed E-state index contributed by atoms with van der Waals surface area (Å²) in [6, 6.07) is 8.49. The minimum absolute atomic E-state index is 0.0496. The summed E-state index contributed by atoms with van der Waals surface area (Å²) in [5.74, 6) is -0.634. The van der Waals surface area contributed by atoms with Crippen LogP contribution in [-0.2, 0) is 30.1 Å². The van der Waals surface area contributed by atoms with E-state index in [1.54, 1.807) is 7.11 Å². The van der Waals surface area contributed by atoms with E-state index < -0.39 is 5.79 Å². The van der Waals surface area contributed by atoms with Crippen molar-refractivity contribution in [1.82, 2.24) is 9.88 Å². The van der Waals surface area contributed by atoms with Gasteiger partial charge in [0.1, 0.15) is 25.1 Å². The number of para-hydroxylation sites is 1. The van der Waals surface area contributed by atoms with Gasteiger partial charge in [0.2, 0.25) is 0 Å². The van der Waals surface area contributed by atoms with E-state index in [0.29, 0.717) is 6.61 Å². The number of ether oxygens (including phenoxy) is 5. The number of nitrogens with zero attached hydrogens (tertiary/aromatic N) is 1. The van der Waals surface area contributed by atoms with Crippen LogP contribution in [0.25, 0.3) is 10.9 Å². The highest BCUT2D eigenvalue weighted by Crippen LogP contribution is 2.37. The quantitative estimate of drug-likeness (QED) is 0.340. The van der Waals surface area contributed by atoms with Gasteiger partial charge < -0.3 is 34.4 Å². The molecular formula is C26H41N3O5. The average molecular weight is 476 g/mol. The van der Waals surface area contributed by atoms with Gasteiger partial charge >= 0.3 is 0 Å². The summed E-state index contributed by atoms with van der Waals surface area (Å²) >= 11 is 0. The fraction of sp³-hybridized carbons (Fsp3) is 0.692. The van der Waals surface area contributed by atoms with Crippen molar-refractivity contribution in [3.05, 3.63) is 36.0 Å². The number of rotatable bonds is 13. The molecule has 2 saturated heterocycles. The van der Waals surface area contributed by atoms with Crippen molar-refractivity contribution in [3.63, 3.8) is 0 Å². The van der Waals surface area contributed by atoms with E-state index in [4.69, 9.17) is 29.4 Å². The van der Waals surface area contributed by atoms with Crippen molar-refractivity contribution in [1.29, 1.82) is 0 Å². The van der Waals surface area contributed by atoms with Gasteiger partial charge in [0.15, 0.2) is 5.79 Å². The monoisotopic (exact) mass is 475 g/mol. The molecule has 2 aromatic rings. The molecule has 8 heteroatoms. The summed E-state index contributed by atoms with van der Waals surface area (Å²) in [7, 11) is 1.65. The van der Waals surface area contributed by atoms with Gasteiger partial charge in [-0.1, -0.05) is 18.2 Å². The van der Waals surface area contributed by atoms with Crippen molar-refractivity contribution < 1.29 is 23.7 Å². The Labute approximate surface area is 203 Å². The standard InChI is InChI=1S/C26H41N3O5/c1-26(2)33-23-16-29(13-11-19-15-28-21-10-6-5-9-20(19)21)22(17-31-14-8-4-7-12-27)24(25(23)34-26)32-18-30-3/h5-6,9-10,15,22-25,28H,4,7-8,11-14,16-18,27H2,1-3H3/t22-,23-,24-,25-/m1/s1. The number of aromatic nitrogens is 1. The van der Waals surface area contributed by atoms with Crippen LogP contribution < -0.4 is 5.73 Å². The van der Waals surface area contributed by atoms with Crippen LogP contribution in [0.15, 0.2) is 30.5 Å². The van der Waals surface area contributed by atoms with E-state index in [2.05, 4.69) is 40.3 Å². The van der Waals surface area contributed by atoms with Gasteiger partial charge in [-0.15, -0.1) is 0 Å². The molecule has 190 valence electrons. The molecular weight excluding hydrogens is 434 g/mol. The zero-order valence-corrected chi connectivity index (χ0v) is 20.8. The third-order valence-corrected chi connectivity index (χ3v) is 6.81. The minimum atomic E-state index is -0.634. The lowest BCUT2D eigenvalue weighted by Crippen LogP contribution is -2.63. The Kier molecular flexibility index (Phi) is 8.98. The van der Waals surface area contributed by atoms with E-state index >= 15 is 0 Å². The van der Waals surface area contributed by atoms with E-state index in [1.165, 1.54) is 16.5 Å². The van der Waals surface area contributed by atoms with Gasteiger partial charge in [0, 0.05) is 43.9 Å². The maximum atomic E-state index is 6.30. The fourth-order valence-electron chi connectivity index (χ4n) is 5.22. The number of aromatic amines is 1. The molecule has 0 saturated carbocycles. The SMILES string of the molecule is COCO[C@H]1[C@@H]2OC(C)(C)O[C@@H]2CN(CCc2c[nH]c3ccccc23)[C@@H]1COCCCCCN. The second-order valence-corrected chi connectivity index (χ2v) is 9.77. The van der Waals surface area contributed by atoms with Crippen molar-refractivity contribution >= 4 is 10.9 Å². The van der Waals surface area contributed by atoms with Crippen LogP contribution in [0.3, 0.4) is 0 Å². The van der Waals surface area contributed by atoms with E-state index in [9.17, 15) is 0 Å². The number of H-pyrrole nitrogens is 1. The molecule has 3 heterocycles. The summed E-state index contributed by atoms with van der Waals surface area (Å²) in [6.45, 7) is 7.84. The number of nitrogens with one attached hydrogen (secondary N) is 1. The molecule has 0 amide bonds. The summed E-state index contributed by atoms with van der Waals surface area (Å²) in [6.07, 6.45) is 5.78. The first-order valence-electron chi connectivity index (χ1n) is 12.6. The molecule has 0 unspecified atom stereocenters. The third kappa shape index (κ3) is 6.18. The topological polar surface area (TPSA) is 91.2 Å². The molecule has 4 rings (SSSR count). The normalized spacial score (nSPS) is 26.8. The number of nitrogens with two attached hydrogens (primary N) is 1. The summed E-state index contributed by atoms with van der Waals surface area (Å²) in [4.78, 5) is 5.84.